The standard InChI is InChI=1S/C21H21N3O2S/c1-13-7-14(2)9-18(8-13)23-20(26)11-19-12-27-21(24-19)16-5-4-6-17(10-16)22-15(3)25/h4-10,12H,11H2,1-3H3,(H,22,25)(H,23,26). The summed E-state index contributed by atoms with van der Waals surface area (Å²) >= 11 is 1.48. The van der Waals surface area contributed by atoms with E-state index in [0.717, 1.165) is 38.8 Å². The second-order valence-corrected chi connectivity index (χ2v) is 7.37. The van der Waals surface area contributed by atoms with Gasteiger partial charge in [0, 0.05) is 29.2 Å². The van der Waals surface area contributed by atoms with Crippen molar-refractivity contribution < 1.29 is 9.59 Å². The third kappa shape index (κ3) is 5.24. The van der Waals surface area contributed by atoms with Crippen LogP contribution < -0.4 is 10.6 Å². The lowest BCUT2D eigenvalue weighted by Gasteiger charge is -2.06. The van der Waals surface area contributed by atoms with Crippen LogP contribution in [0.25, 0.3) is 10.6 Å². The smallest absolute Gasteiger partial charge is 0.230 e. The number of rotatable bonds is 5. The number of anilines is 2. The zero-order chi connectivity index (χ0) is 19.4. The first kappa shape index (κ1) is 18.8. The Bertz CT molecular complexity index is 974. The minimum absolute atomic E-state index is 0.0937. The molecule has 27 heavy (non-hydrogen) atoms. The number of aryl methyl sites for hydroxylation is 2. The molecular formula is C21H21N3O2S. The van der Waals surface area contributed by atoms with Gasteiger partial charge in [-0.1, -0.05) is 18.2 Å². The van der Waals surface area contributed by atoms with E-state index >= 15 is 0 Å². The highest BCUT2D eigenvalue weighted by molar-refractivity contribution is 7.13. The molecule has 0 fully saturated rings. The predicted molar refractivity (Wildman–Crippen MR) is 110 cm³/mol. The highest BCUT2D eigenvalue weighted by atomic mass is 32.1. The van der Waals surface area contributed by atoms with Crippen molar-refractivity contribution in [3.63, 3.8) is 0 Å². The molecule has 1 heterocycles. The average molecular weight is 379 g/mol. The van der Waals surface area contributed by atoms with Crippen LogP contribution in [0, 0.1) is 13.8 Å². The van der Waals surface area contributed by atoms with Gasteiger partial charge in [0.2, 0.25) is 11.8 Å². The summed E-state index contributed by atoms with van der Waals surface area (Å²) in [7, 11) is 0. The van der Waals surface area contributed by atoms with Crippen molar-refractivity contribution in [1.29, 1.82) is 0 Å². The zero-order valence-corrected chi connectivity index (χ0v) is 16.3. The van der Waals surface area contributed by atoms with Crippen molar-refractivity contribution in [2.45, 2.75) is 27.2 Å². The molecule has 0 aliphatic heterocycles. The Balaban J connectivity index is 1.68. The largest absolute Gasteiger partial charge is 0.326 e. The van der Waals surface area contributed by atoms with Crippen molar-refractivity contribution in [2.75, 3.05) is 10.6 Å². The molecule has 0 saturated heterocycles. The second kappa shape index (κ2) is 8.14. The molecule has 0 atom stereocenters. The molecule has 0 aliphatic rings. The van der Waals surface area contributed by atoms with Crippen LogP contribution in [-0.4, -0.2) is 16.8 Å². The van der Waals surface area contributed by atoms with E-state index < -0.39 is 0 Å². The van der Waals surface area contributed by atoms with Crippen LogP contribution in [0.15, 0.2) is 47.8 Å². The summed E-state index contributed by atoms with van der Waals surface area (Å²) in [5, 5.41) is 8.40. The molecule has 0 bridgehead atoms. The van der Waals surface area contributed by atoms with Gasteiger partial charge in [0.25, 0.3) is 0 Å². The van der Waals surface area contributed by atoms with Crippen molar-refractivity contribution >= 4 is 34.5 Å². The van der Waals surface area contributed by atoms with E-state index in [0.29, 0.717) is 0 Å². The van der Waals surface area contributed by atoms with Gasteiger partial charge in [-0.25, -0.2) is 4.98 Å². The van der Waals surface area contributed by atoms with Crippen molar-refractivity contribution in [3.05, 3.63) is 64.7 Å². The highest BCUT2D eigenvalue weighted by Gasteiger charge is 2.10. The number of aromatic nitrogens is 1. The molecular weight excluding hydrogens is 358 g/mol. The van der Waals surface area contributed by atoms with E-state index in [4.69, 9.17) is 0 Å². The predicted octanol–water partition coefficient (Wildman–Crippen LogP) is 4.57. The fourth-order valence-electron chi connectivity index (χ4n) is 2.87. The number of amides is 2. The number of thiazole rings is 1. The van der Waals surface area contributed by atoms with E-state index in [1.807, 2.05) is 55.6 Å². The number of nitrogens with one attached hydrogen (secondary N) is 2. The number of carbonyl (C=O) groups is 2. The fraction of sp³-hybridized carbons (Fsp3) is 0.190. The lowest BCUT2D eigenvalue weighted by molar-refractivity contribution is -0.116. The molecule has 6 heteroatoms. The number of hydrogen-bond donors (Lipinski definition) is 2. The molecule has 0 spiro atoms. The van der Waals surface area contributed by atoms with Crippen LogP contribution in [0.2, 0.25) is 0 Å². The lowest BCUT2D eigenvalue weighted by atomic mass is 10.1. The molecule has 3 rings (SSSR count). The first-order valence-corrected chi connectivity index (χ1v) is 9.47. The minimum Gasteiger partial charge on any atom is -0.326 e. The van der Waals surface area contributed by atoms with Crippen molar-refractivity contribution in [1.82, 2.24) is 4.98 Å². The fourth-order valence-corrected chi connectivity index (χ4v) is 3.69. The molecule has 0 radical (unpaired) electrons. The Morgan fingerprint density at radius 1 is 1.00 bits per heavy atom. The van der Waals surface area contributed by atoms with Crippen LogP contribution in [0.1, 0.15) is 23.7 Å². The summed E-state index contributed by atoms with van der Waals surface area (Å²) in [5.74, 6) is -0.209. The van der Waals surface area contributed by atoms with Crippen molar-refractivity contribution in [2.24, 2.45) is 0 Å². The van der Waals surface area contributed by atoms with Crippen LogP contribution in [-0.2, 0) is 16.0 Å². The summed E-state index contributed by atoms with van der Waals surface area (Å²) in [6.45, 7) is 5.48. The van der Waals surface area contributed by atoms with Crippen LogP contribution >= 0.6 is 11.3 Å². The number of nitrogens with zero attached hydrogens (tertiary/aromatic N) is 1. The minimum atomic E-state index is -0.116. The Hall–Kier alpha value is -2.99. The van der Waals surface area contributed by atoms with Crippen LogP contribution in [0.4, 0.5) is 11.4 Å². The molecule has 0 saturated carbocycles. The quantitative estimate of drug-likeness (QED) is 0.682. The van der Waals surface area contributed by atoms with Gasteiger partial charge in [0.15, 0.2) is 0 Å². The van der Waals surface area contributed by atoms with Gasteiger partial charge in [-0.3, -0.25) is 9.59 Å². The Morgan fingerprint density at radius 3 is 2.44 bits per heavy atom. The van der Waals surface area contributed by atoms with E-state index in [1.165, 1.54) is 18.3 Å². The van der Waals surface area contributed by atoms with Gasteiger partial charge in [-0.15, -0.1) is 11.3 Å². The van der Waals surface area contributed by atoms with Gasteiger partial charge in [-0.2, -0.15) is 0 Å². The third-order valence-corrected chi connectivity index (χ3v) is 4.77. The van der Waals surface area contributed by atoms with E-state index in [2.05, 4.69) is 21.7 Å². The van der Waals surface area contributed by atoms with Gasteiger partial charge in [-0.05, 0) is 49.2 Å². The SMILES string of the molecule is CC(=O)Nc1cccc(-c2nc(CC(=O)Nc3cc(C)cc(C)c3)cs2)c1. The molecule has 138 valence electrons. The molecule has 2 aromatic carbocycles. The summed E-state index contributed by atoms with van der Waals surface area (Å²) in [4.78, 5) is 28.1. The molecule has 3 aromatic rings. The van der Waals surface area contributed by atoms with Crippen LogP contribution in [0.3, 0.4) is 0 Å². The van der Waals surface area contributed by atoms with Gasteiger partial charge < -0.3 is 10.6 Å². The Kier molecular flexibility index (Phi) is 5.66. The molecule has 0 unspecified atom stereocenters. The van der Waals surface area contributed by atoms with Gasteiger partial charge in [0.1, 0.15) is 5.01 Å². The maximum atomic E-state index is 12.3. The zero-order valence-electron chi connectivity index (χ0n) is 15.5. The number of hydrogen-bond acceptors (Lipinski definition) is 4. The average Bonchev–Trinajstić information content (AvgIpc) is 3.01. The Labute approximate surface area is 162 Å². The second-order valence-electron chi connectivity index (χ2n) is 6.51. The van der Waals surface area contributed by atoms with Crippen molar-refractivity contribution in [3.8, 4) is 10.6 Å². The summed E-state index contributed by atoms with van der Waals surface area (Å²) in [6.07, 6.45) is 0.217. The maximum Gasteiger partial charge on any atom is 0.230 e. The van der Waals surface area contributed by atoms with Gasteiger partial charge >= 0.3 is 0 Å². The monoisotopic (exact) mass is 379 g/mol. The normalized spacial score (nSPS) is 10.5. The first-order valence-electron chi connectivity index (χ1n) is 8.59. The van der Waals surface area contributed by atoms with E-state index in [9.17, 15) is 9.59 Å². The molecule has 2 N–H and O–H groups in total. The molecule has 5 nitrogen and oxygen atoms in total. The molecule has 1 aromatic heterocycles. The van der Waals surface area contributed by atoms with Crippen LogP contribution in [0.5, 0.6) is 0 Å². The highest BCUT2D eigenvalue weighted by Crippen LogP contribution is 2.26. The van der Waals surface area contributed by atoms with E-state index in [1.54, 1.807) is 0 Å². The molecule has 0 aliphatic carbocycles. The first-order chi connectivity index (χ1) is 12.9. The summed E-state index contributed by atoms with van der Waals surface area (Å²) in [6, 6.07) is 13.5. The summed E-state index contributed by atoms with van der Waals surface area (Å²) in [5.41, 5.74) is 5.38. The third-order valence-electron chi connectivity index (χ3n) is 3.83. The lowest BCUT2D eigenvalue weighted by Crippen LogP contribution is -2.14. The van der Waals surface area contributed by atoms with E-state index in [-0.39, 0.29) is 18.2 Å². The molecule has 2 amide bonds. The number of benzene rings is 2. The Morgan fingerprint density at radius 2 is 1.74 bits per heavy atom. The topological polar surface area (TPSA) is 71.1 Å². The van der Waals surface area contributed by atoms with Gasteiger partial charge in [0.05, 0.1) is 12.1 Å². The maximum absolute atomic E-state index is 12.3. The number of carbonyl (C=O) groups excluding carboxylic acids is 2. The summed E-state index contributed by atoms with van der Waals surface area (Å²) < 4.78 is 0.